The number of urea groups is 1. The number of carboxylic acids is 1. The molecule has 0 fully saturated rings. The van der Waals surface area contributed by atoms with Crippen LogP contribution in [0.25, 0.3) is 6.08 Å². The van der Waals surface area contributed by atoms with Crippen LogP contribution in [0.4, 0.5) is 4.79 Å². The maximum Gasteiger partial charge on any atom is 0.328 e. The van der Waals surface area contributed by atoms with Crippen LogP contribution in [0.1, 0.15) is 24.3 Å². The van der Waals surface area contributed by atoms with Gasteiger partial charge in [-0.25, -0.2) is 9.59 Å². The number of carbonyl (C=O) groups excluding carboxylic acids is 1. The fraction of sp³-hybridized carbons (Fsp3) is 0.385. The molecule has 0 atom stereocenters. The maximum absolute atomic E-state index is 11.7. The van der Waals surface area contributed by atoms with Crippen molar-refractivity contribution in [3.63, 3.8) is 0 Å². The summed E-state index contributed by atoms with van der Waals surface area (Å²) in [6.07, 6.45) is 2.63. The van der Waals surface area contributed by atoms with Crippen LogP contribution in [-0.4, -0.2) is 35.1 Å². The number of aliphatic carboxylic acids is 1. The Balaban J connectivity index is 2.50. The first-order chi connectivity index (χ1) is 9.06. The highest BCUT2D eigenvalue weighted by molar-refractivity contribution is 7.10. The topological polar surface area (TPSA) is 69.6 Å². The molecule has 0 saturated carbocycles. The Labute approximate surface area is 116 Å². The Hall–Kier alpha value is -1.82. The summed E-state index contributed by atoms with van der Waals surface area (Å²) in [7, 11) is 0. The summed E-state index contributed by atoms with van der Waals surface area (Å²) >= 11 is 1.49. The van der Waals surface area contributed by atoms with Crippen LogP contribution in [0.15, 0.2) is 17.5 Å². The number of nitrogens with zero attached hydrogens (tertiary/aromatic N) is 1. The number of amides is 2. The lowest BCUT2D eigenvalue weighted by Gasteiger charge is -2.18. The molecule has 0 radical (unpaired) electrons. The molecule has 0 aromatic carbocycles. The molecule has 0 unspecified atom stereocenters. The number of hydrogen-bond acceptors (Lipinski definition) is 3. The highest BCUT2D eigenvalue weighted by Crippen LogP contribution is 2.15. The van der Waals surface area contributed by atoms with E-state index in [0.717, 1.165) is 16.5 Å². The van der Waals surface area contributed by atoms with E-state index >= 15 is 0 Å². The monoisotopic (exact) mass is 282 g/mol. The minimum Gasteiger partial charge on any atom is -0.478 e. The third-order valence-corrected chi connectivity index (χ3v) is 3.51. The molecule has 2 N–H and O–H groups in total. The van der Waals surface area contributed by atoms with Crippen molar-refractivity contribution in [3.05, 3.63) is 28.0 Å². The average Bonchev–Trinajstić information content (AvgIpc) is 2.83. The first-order valence-corrected chi connectivity index (χ1v) is 6.96. The molecule has 1 heterocycles. The number of carboxylic acid groups (broad SMARTS) is 1. The maximum atomic E-state index is 11.7. The Morgan fingerprint density at radius 3 is 2.68 bits per heavy atom. The summed E-state index contributed by atoms with van der Waals surface area (Å²) in [6, 6.07) is 1.79. The van der Waals surface area contributed by atoms with E-state index in [9.17, 15) is 9.59 Å². The van der Waals surface area contributed by atoms with Crippen molar-refractivity contribution in [1.82, 2.24) is 10.2 Å². The second kappa shape index (κ2) is 7.58. The van der Waals surface area contributed by atoms with Gasteiger partial charge in [0.1, 0.15) is 0 Å². The predicted octanol–water partition coefficient (Wildman–Crippen LogP) is 2.40. The molecule has 1 aromatic heterocycles. The van der Waals surface area contributed by atoms with Gasteiger partial charge < -0.3 is 15.3 Å². The molecule has 0 bridgehead atoms. The molecule has 1 aromatic rings. The molecule has 5 nitrogen and oxygen atoms in total. The van der Waals surface area contributed by atoms with Gasteiger partial charge in [0, 0.05) is 24.0 Å². The molecule has 0 spiro atoms. The van der Waals surface area contributed by atoms with Gasteiger partial charge >= 0.3 is 12.0 Å². The van der Waals surface area contributed by atoms with Crippen LogP contribution in [0.3, 0.4) is 0 Å². The zero-order valence-electron chi connectivity index (χ0n) is 11.0. The number of nitrogens with one attached hydrogen (secondary N) is 1. The van der Waals surface area contributed by atoms with E-state index in [4.69, 9.17) is 5.11 Å². The van der Waals surface area contributed by atoms with Crippen molar-refractivity contribution in [2.45, 2.75) is 20.4 Å². The lowest BCUT2D eigenvalue weighted by molar-refractivity contribution is -0.131. The fourth-order valence-electron chi connectivity index (χ4n) is 1.53. The van der Waals surface area contributed by atoms with Gasteiger partial charge in [-0.05, 0) is 36.9 Å². The third-order valence-electron chi connectivity index (χ3n) is 2.56. The van der Waals surface area contributed by atoms with Gasteiger partial charge in [0.15, 0.2) is 0 Å². The van der Waals surface area contributed by atoms with Crippen molar-refractivity contribution in [1.29, 1.82) is 0 Å². The van der Waals surface area contributed by atoms with Gasteiger partial charge in [-0.15, -0.1) is 11.3 Å². The standard InChI is InChI=1S/C13H18N2O3S/c1-3-15(4-2)13(18)14-8-11-7-10(9-19-11)5-6-12(16)17/h5-7,9H,3-4,8H2,1-2H3,(H,14,18)(H,16,17). The normalized spacial score (nSPS) is 10.6. The Kier molecular flexibility index (Phi) is 6.08. The second-order valence-electron chi connectivity index (χ2n) is 3.85. The molecule has 2 amide bonds. The molecule has 0 aliphatic heterocycles. The highest BCUT2D eigenvalue weighted by Gasteiger charge is 2.08. The van der Waals surface area contributed by atoms with E-state index in [1.54, 1.807) is 4.90 Å². The van der Waals surface area contributed by atoms with Crippen molar-refractivity contribution < 1.29 is 14.7 Å². The molecule has 0 saturated heterocycles. The number of rotatable bonds is 6. The lowest BCUT2D eigenvalue weighted by atomic mass is 10.3. The Morgan fingerprint density at radius 1 is 1.42 bits per heavy atom. The largest absolute Gasteiger partial charge is 0.478 e. The molecule has 19 heavy (non-hydrogen) atoms. The summed E-state index contributed by atoms with van der Waals surface area (Å²) < 4.78 is 0. The number of carbonyl (C=O) groups is 2. The smallest absolute Gasteiger partial charge is 0.328 e. The summed E-state index contributed by atoms with van der Waals surface area (Å²) in [5.74, 6) is -0.970. The van der Waals surface area contributed by atoms with Crippen LogP contribution in [-0.2, 0) is 11.3 Å². The third kappa shape index (κ3) is 5.13. The minimum absolute atomic E-state index is 0.0824. The second-order valence-corrected chi connectivity index (χ2v) is 4.84. The number of thiophene rings is 1. The van der Waals surface area contributed by atoms with E-state index in [2.05, 4.69) is 5.32 Å². The van der Waals surface area contributed by atoms with Gasteiger partial charge in [0.25, 0.3) is 0 Å². The van der Waals surface area contributed by atoms with Gasteiger partial charge in [0.2, 0.25) is 0 Å². The lowest BCUT2D eigenvalue weighted by Crippen LogP contribution is -2.39. The van der Waals surface area contributed by atoms with Gasteiger partial charge in [-0.2, -0.15) is 0 Å². The average molecular weight is 282 g/mol. The molecule has 0 aliphatic rings. The first kappa shape index (κ1) is 15.2. The Bertz CT molecular complexity index is 464. The molecule has 1 rings (SSSR count). The predicted molar refractivity (Wildman–Crippen MR) is 76.1 cm³/mol. The van der Waals surface area contributed by atoms with E-state index in [1.165, 1.54) is 17.4 Å². The fourth-order valence-corrected chi connectivity index (χ4v) is 2.32. The van der Waals surface area contributed by atoms with Crippen LogP contribution in [0.5, 0.6) is 0 Å². The van der Waals surface area contributed by atoms with Crippen molar-refractivity contribution in [2.75, 3.05) is 13.1 Å². The quantitative estimate of drug-likeness (QED) is 0.787. The summed E-state index contributed by atoms with van der Waals surface area (Å²) in [5, 5.41) is 13.2. The summed E-state index contributed by atoms with van der Waals surface area (Å²) in [4.78, 5) is 24.8. The van der Waals surface area contributed by atoms with E-state index < -0.39 is 5.97 Å². The minimum atomic E-state index is -0.970. The van der Waals surface area contributed by atoms with Crippen molar-refractivity contribution in [3.8, 4) is 0 Å². The van der Waals surface area contributed by atoms with Crippen LogP contribution in [0, 0.1) is 0 Å². The van der Waals surface area contributed by atoms with Crippen LogP contribution in [0.2, 0.25) is 0 Å². The zero-order chi connectivity index (χ0) is 14.3. The first-order valence-electron chi connectivity index (χ1n) is 6.08. The summed E-state index contributed by atoms with van der Waals surface area (Å²) in [5.41, 5.74) is 0.833. The molecular weight excluding hydrogens is 264 g/mol. The van der Waals surface area contributed by atoms with Gasteiger partial charge in [0.05, 0.1) is 6.54 Å². The number of hydrogen-bond donors (Lipinski definition) is 2. The van der Waals surface area contributed by atoms with Crippen LogP contribution < -0.4 is 5.32 Å². The van der Waals surface area contributed by atoms with Crippen molar-refractivity contribution >= 4 is 29.4 Å². The molecular formula is C13H18N2O3S. The Morgan fingerprint density at radius 2 is 2.11 bits per heavy atom. The molecule has 6 heteroatoms. The summed E-state index contributed by atoms with van der Waals surface area (Å²) in [6.45, 7) is 5.69. The van der Waals surface area contributed by atoms with Crippen LogP contribution >= 0.6 is 11.3 Å². The zero-order valence-corrected chi connectivity index (χ0v) is 11.9. The highest BCUT2D eigenvalue weighted by atomic mass is 32.1. The SMILES string of the molecule is CCN(CC)C(=O)NCc1cc(C=CC(=O)O)cs1. The van der Waals surface area contributed by atoms with E-state index in [1.807, 2.05) is 25.3 Å². The molecule has 0 aliphatic carbocycles. The van der Waals surface area contributed by atoms with Gasteiger partial charge in [-0.1, -0.05) is 0 Å². The van der Waals surface area contributed by atoms with Crippen molar-refractivity contribution in [2.24, 2.45) is 0 Å². The van der Waals surface area contributed by atoms with E-state index in [0.29, 0.717) is 19.6 Å². The van der Waals surface area contributed by atoms with E-state index in [-0.39, 0.29) is 6.03 Å². The molecule has 104 valence electrons. The van der Waals surface area contributed by atoms with Gasteiger partial charge in [-0.3, -0.25) is 0 Å².